The summed E-state index contributed by atoms with van der Waals surface area (Å²) < 4.78 is 0. The lowest BCUT2D eigenvalue weighted by molar-refractivity contribution is 0.0949. The molecule has 1 amide bonds. The maximum absolute atomic E-state index is 12.5. The van der Waals surface area contributed by atoms with E-state index >= 15 is 0 Å². The molecule has 0 bridgehead atoms. The fourth-order valence-corrected chi connectivity index (χ4v) is 3.17. The van der Waals surface area contributed by atoms with Gasteiger partial charge in [0, 0.05) is 18.7 Å². The Bertz CT molecular complexity index is 665. The summed E-state index contributed by atoms with van der Waals surface area (Å²) in [5.74, 6) is 0.622. The first kappa shape index (κ1) is 14.1. The first-order valence-corrected chi connectivity index (χ1v) is 7.60. The van der Waals surface area contributed by atoms with Crippen molar-refractivity contribution in [2.24, 2.45) is 5.92 Å². The van der Waals surface area contributed by atoms with E-state index < -0.39 is 0 Å². The van der Waals surface area contributed by atoms with Crippen LogP contribution in [0.5, 0.6) is 0 Å². The summed E-state index contributed by atoms with van der Waals surface area (Å²) in [4.78, 5) is 14.8. The van der Waals surface area contributed by atoms with Crippen molar-refractivity contribution in [3.05, 3.63) is 47.5 Å². The lowest BCUT2D eigenvalue weighted by Crippen LogP contribution is -2.30. The standard InChI is InChI=1S/C18H22N2O/c1-13-7-8-17(16-6-4-3-5-15(13)16)18(21)19-11-14-9-10-20(2)12-14/h3-8,14H,9-12H2,1-2H3,(H,19,21)/t14-/m1/s1. The maximum atomic E-state index is 12.5. The van der Waals surface area contributed by atoms with E-state index in [-0.39, 0.29) is 5.91 Å². The Hall–Kier alpha value is -1.87. The Morgan fingerprint density at radius 2 is 2.00 bits per heavy atom. The van der Waals surface area contributed by atoms with Gasteiger partial charge in [0.05, 0.1) is 0 Å². The van der Waals surface area contributed by atoms with Crippen molar-refractivity contribution in [2.75, 3.05) is 26.7 Å². The number of amides is 1. The number of fused-ring (bicyclic) bond motifs is 1. The number of aryl methyl sites for hydroxylation is 1. The molecule has 1 atom stereocenters. The molecule has 3 rings (SSSR count). The first-order valence-electron chi connectivity index (χ1n) is 7.60. The highest BCUT2D eigenvalue weighted by Gasteiger charge is 2.20. The molecule has 0 unspecified atom stereocenters. The summed E-state index contributed by atoms with van der Waals surface area (Å²) >= 11 is 0. The third-order valence-electron chi connectivity index (χ3n) is 4.43. The molecule has 3 nitrogen and oxygen atoms in total. The molecular formula is C18H22N2O. The Balaban J connectivity index is 1.77. The number of hydrogen-bond donors (Lipinski definition) is 1. The van der Waals surface area contributed by atoms with Crippen molar-refractivity contribution in [3.63, 3.8) is 0 Å². The van der Waals surface area contributed by atoms with Gasteiger partial charge in [-0.2, -0.15) is 0 Å². The van der Waals surface area contributed by atoms with Crippen molar-refractivity contribution in [2.45, 2.75) is 13.3 Å². The Kier molecular flexibility index (Phi) is 3.93. The van der Waals surface area contributed by atoms with Gasteiger partial charge in [0.2, 0.25) is 0 Å². The largest absolute Gasteiger partial charge is 0.352 e. The van der Waals surface area contributed by atoms with Crippen molar-refractivity contribution >= 4 is 16.7 Å². The minimum absolute atomic E-state index is 0.0424. The summed E-state index contributed by atoms with van der Waals surface area (Å²) in [5, 5.41) is 5.31. The topological polar surface area (TPSA) is 32.3 Å². The molecule has 1 heterocycles. The molecule has 1 saturated heterocycles. The number of likely N-dealkylation sites (tertiary alicyclic amines) is 1. The molecule has 0 radical (unpaired) electrons. The molecule has 0 saturated carbocycles. The van der Waals surface area contributed by atoms with E-state index in [4.69, 9.17) is 0 Å². The van der Waals surface area contributed by atoms with Gasteiger partial charge in [0.25, 0.3) is 5.91 Å². The average Bonchev–Trinajstić information content (AvgIpc) is 2.91. The fraction of sp³-hybridized carbons (Fsp3) is 0.389. The lowest BCUT2D eigenvalue weighted by Gasteiger charge is -2.13. The first-order chi connectivity index (χ1) is 10.1. The van der Waals surface area contributed by atoms with Crippen LogP contribution in [0.3, 0.4) is 0 Å². The van der Waals surface area contributed by atoms with E-state index in [2.05, 4.69) is 30.3 Å². The Labute approximate surface area is 125 Å². The van der Waals surface area contributed by atoms with E-state index in [0.717, 1.165) is 36.0 Å². The zero-order chi connectivity index (χ0) is 14.8. The van der Waals surface area contributed by atoms with Gasteiger partial charge in [-0.05, 0) is 55.3 Å². The van der Waals surface area contributed by atoms with Crippen LogP contribution in [-0.2, 0) is 0 Å². The van der Waals surface area contributed by atoms with Crippen LogP contribution in [0.25, 0.3) is 10.8 Å². The third-order valence-corrected chi connectivity index (χ3v) is 4.43. The average molecular weight is 282 g/mol. The van der Waals surface area contributed by atoms with E-state index in [1.807, 2.05) is 30.3 Å². The normalized spacial score (nSPS) is 19.0. The second kappa shape index (κ2) is 5.86. The van der Waals surface area contributed by atoms with Crippen LogP contribution in [0, 0.1) is 12.8 Å². The van der Waals surface area contributed by atoms with E-state index in [9.17, 15) is 4.79 Å². The van der Waals surface area contributed by atoms with E-state index in [1.54, 1.807) is 0 Å². The van der Waals surface area contributed by atoms with Crippen LogP contribution in [-0.4, -0.2) is 37.5 Å². The Morgan fingerprint density at radius 1 is 1.24 bits per heavy atom. The van der Waals surface area contributed by atoms with Crippen molar-refractivity contribution in [3.8, 4) is 0 Å². The molecule has 1 N–H and O–H groups in total. The zero-order valence-corrected chi connectivity index (χ0v) is 12.7. The monoisotopic (exact) mass is 282 g/mol. The van der Waals surface area contributed by atoms with Crippen LogP contribution in [0.15, 0.2) is 36.4 Å². The van der Waals surface area contributed by atoms with Gasteiger partial charge in [-0.3, -0.25) is 4.79 Å². The molecule has 110 valence electrons. The zero-order valence-electron chi connectivity index (χ0n) is 12.7. The summed E-state index contributed by atoms with van der Waals surface area (Å²) in [6, 6.07) is 12.1. The molecule has 1 fully saturated rings. The van der Waals surface area contributed by atoms with E-state index in [0.29, 0.717) is 5.92 Å². The highest BCUT2D eigenvalue weighted by Crippen LogP contribution is 2.22. The van der Waals surface area contributed by atoms with E-state index in [1.165, 1.54) is 12.0 Å². The lowest BCUT2D eigenvalue weighted by atomic mass is 9.99. The van der Waals surface area contributed by atoms with Gasteiger partial charge in [-0.1, -0.05) is 30.3 Å². The quantitative estimate of drug-likeness (QED) is 0.939. The summed E-state index contributed by atoms with van der Waals surface area (Å²) in [5.41, 5.74) is 1.99. The summed E-state index contributed by atoms with van der Waals surface area (Å²) in [6.07, 6.45) is 1.17. The number of benzene rings is 2. The van der Waals surface area contributed by atoms with Gasteiger partial charge in [0.1, 0.15) is 0 Å². The van der Waals surface area contributed by atoms with Crippen LogP contribution < -0.4 is 5.32 Å². The molecular weight excluding hydrogens is 260 g/mol. The molecule has 0 spiro atoms. The van der Waals surface area contributed by atoms with Gasteiger partial charge in [-0.25, -0.2) is 0 Å². The van der Waals surface area contributed by atoms with Gasteiger partial charge in [-0.15, -0.1) is 0 Å². The van der Waals surface area contributed by atoms with Crippen LogP contribution in [0.4, 0.5) is 0 Å². The minimum atomic E-state index is 0.0424. The highest BCUT2D eigenvalue weighted by molar-refractivity contribution is 6.07. The number of nitrogens with one attached hydrogen (secondary N) is 1. The third kappa shape index (κ3) is 2.93. The number of hydrogen-bond acceptors (Lipinski definition) is 2. The predicted octanol–water partition coefficient (Wildman–Crippen LogP) is 2.83. The molecule has 2 aromatic rings. The van der Waals surface area contributed by atoms with Crippen LogP contribution in [0.2, 0.25) is 0 Å². The maximum Gasteiger partial charge on any atom is 0.251 e. The smallest absolute Gasteiger partial charge is 0.251 e. The number of carbonyl (C=O) groups is 1. The predicted molar refractivity (Wildman–Crippen MR) is 86.6 cm³/mol. The Morgan fingerprint density at radius 3 is 2.71 bits per heavy atom. The molecule has 0 aromatic heterocycles. The summed E-state index contributed by atoms with van der Waals surface area (Å²) in [6.45, 7) is 5.06. The summed E-state index contributed by atoms with van der Waals surface area (Å²) in [7, 11) is 2.13. The SMILES string of the molecule is Cc1ccc(C(=O)NC[C@H]2CCN(C)C2)c2ccccc12. The van der Waals surface area contributed by atoms with Crippen molar-refractivity contribution in [1.29, 1.82) is 0 Å². The van der Waals surface area contributed by atoms with Gasteiger partial charge in [0.15, 0.2) is 0 Å². The van der Waals surface area contributed by atoms with Crippen molar-refractivity contribution in [1.82, 2.24) is 10.2 Å². The number of nitrogens with zero attached hydrogens (tertiary/aromatic N) is 1. The fourth-order valence-electron chi connectivity index (χ4n) is 3.17. The second-order valence-corrected chi connectivity index (χ2v) is 6.10. The molecule has 3 heteroatoms. The molecule has 1 aliphatic rings. The van der Waals surface area contributed by atoms with Gasteiger partial charge < -0.3 is 10.2 Å². The minimum Gasteiger partial charge on any atom is -0.352 e. The van der Waals surface area contributed by atoms with Crippen LogP contribution in [0.1, 0.15) is 22.3 Å². The van der Waals surface area contributed by atoms with Crippen molar-refractivity contribution < 1.29 is 4.79 Å². The molecule has 0 aliphatic carbocycles. The number of rotatable bonds is 3. The van der Waals surface area contributed by atoms with Crippen LogP contribution >= 0.6 is 0 Å². The highest BCUT2D eigenvalue weighted by atomic mass is 16.1. The second-order valence-electron chi connectivity index (χ2n) is 6.10. The molecule has 21 heavy (non-hydrogen) atoms. The van der Waals surface area contributed by atoms with Gasteiger partial charge >= 0.3 is 0 Å². The number of carbonyl (C=O) groups excluding carboxylic acids is 1. The molecule has 1 aliphatic heterocycles. The molecule has 2 aromatic carbocycles.